The summed E-state index contributed by atoms with van der Waals surface area (Å²) in [5.41, 5.74) is 18.7. The van der Waals surface area contributed by atoms with Crippen LogP contribution in [0.25, 0.3) is 0 Å². The van der Waals surface area contributed by atoms with E-state index in [1.807, 2.05) is 6.92 Å². The van der Waals surface area contributed by atoms with Gasteiger partial charge in [0, 0.05) is 31.3 Å². The number of hydrogen-bond acceptors (Lipinski definition) is 15. The summed E-state index contributed by atoms with van der Waals surface area (Å²) >= 11 is 0. The highest BCUT2D eigenvalue weighted by atomic mass is 16.3. The van der Waals surface area contributed by atoms with Crippen LogP contribution in [0.15, 0.2) is 73.2 Å². The number of aromatic amines is 1. The van der Waals surface area contributed by atoms with Crippen molar-refractivity contribution in [2.75, 3.05) is 32.8 Å². The van der Waals surface area contributed by atoms with Crippen LogP contribution < -0.4 is 70.4 Å². The number of amides is 11. The van der Waals surface area contributed by atoms with Crippen LogP contribution in [0, 0.1) is 11.8 Å². The van der Waals surface area contributed by atoms with Gasteiger partial charge in [0.2, 0.25) is 65.0 Å². The molecule has 83 heavy (non-hydrogen) atoms. The standard InChI is InChI=1S/C56H85N15O12/c1-7-23-61-54(81)45(36-19-13-10-14-20-36)46(59)55(82)65-34(6)48(75)70-42(30-72)53(80)69-41(26-37-27-60-31-64-37)52(79)67-39(24-32(3)4)50(77)68-40(25-35-17-11-9-12-18-35)51(78)66-38(21-15-16-22-57)49(76)63-29-44(74)71-47(33(5)8-2)56(83)62-28-43(58)73/h9-14,17-20,27,31-34,38-42,45-47,72H,7-8,15-16,21-26,28-30,57,59H2,1-6H3,(H2,58,73)(H,60,64)(H,61,81)(H,62,83)(H,63,76)(H,65,82)(H,66,78)(H,67,79)(H,68,77)(H,69,80)(H,70,75)(H,71,74)/t33-,34-,38-,39-,40-,41-,42-,45?,46-,47-/m0/s1. The molecule has 11 amide bonds. The van der Waals surface area contributed by atoms with Crippen molar-refractivity contribution < 1.29 is 57.8 Å². The molecule has 27 nitrogen and oxygen atoms in total. The Morgan fingerprint density at radius 1 is 0.602 bits per heavy atom. The predicted octanol–water partition coefficient (Wildman–Crippen LogP) is -2.82. The molecule has 0 aliphatic rings. The number of primary amides is 1. The number of H-pyrrole nitrogens is 1. The maximum Gasteiger partial charge on any atom is 0.245 e. The molecule has 0 spiro atoms. The van der Waals surface area contributed by atoms with E-state index in [1.165, 1.54) is 19.4 Å². The molecule has 18 N–H and O–H groups in total. The van der Waals surface area contributed by atoms with E-state index in [4.69, 9.17) is 17.2 Å². The van der Waals surface area contributed by atoms with Crippen molar-refractivity contribution in [3.05, 3.63) is 90.0 Å². The van der Waals surface area contributed by atoms with Crippen molar-refractivity contribution in [3.8, 4) is 0 Å². The lowest BCUT2D eigenvalue weighted by atomic mass is 9.90. The number of rotatable bonds is 37. The third-order valence-corrected chi connectivity index (χ3v) is 13.3. The van der Waals surface area contributed by atoms with Gasteiger partial charge in [-0.15, -0.1) is 0 Å². The van der Waals surface area contributed by atoms with Gasteiger partial charge in [0.1, 0.15) is 42.3 Å². The number of nitrogens with two attached hydrogens (primary N) is 3. The number of unbranched alkanes of at least 4 members (excludes halogenated alkanes) is 1. The maximum absolute atomic E-state index is 14.5. The van der Waals surface area contributed by atoms with E-state index in [-0.39, 0.29) is 44.1 Å². The first-order valence-corrected chi connectivity index (χ1v) is 27.9. The van der Waals surface area contributed by atoms with E-state index in [9.17, 15) is 57.8 Å². The number of aromatic nitrogens is 2. The summed E-state index contributed by atoms with van der Waals surface area (Å²) in [6.07, 6.45) is 4.48. The van der Waals surface area contributed by atoms with Crippen molar-refractivity contribution >= 4 is 65.0 Å². The molecule has 1 heterocycles. The highest BCUT2D eigenvalue weighted by molar-refractivity contribution is 5.99. The fourth-order valence-electron chi connectivity index (χ4n) is 8.50. The number of aliphatic hydroxyl groups is 1. The lowest BCUT2D eigenvalue weighted by molar-refractivity contribution is -0.136. The zero-order valence-electron chi connectivity index (χ0n) is 48.1. The monoisotopic (exact) mass is 1160 g/mol. The average Bonchev–Trinajstić information content (AvgIpc) is 4.14. The number of hydrogen-bond donors (Lipinski definition) is 15. The minimum Gasteiger partial charge on any atom is -0.394 e. The van der Waals surface area contributed by atoms with Crippen LogP contribution in [0.1, 0.15) is 103 Å². The highest BCUT2D eigenvalue weighted by Crippen LogP contribution is 2.20. The summed E-state index contributed by atoms with van der Waals surface area (Å²) in [6, 6.07) is 6.12. The summed E-state index contributed by atoms with van der Waals surface area (Å²) in [6.45, 7) is 8.86. The molecule has 1 unspecified atom stereocenters. The first-order chi connectivity index (χ1) is 39.5. The number of carbonyl (C=O) groups excluding carboxylic acids is 11. The van der Waals surface area contributed by atoms with Crippen molar-refractivity contribution in [2.24, 2.45) is 29.0 Å². The second-order valence-electron chi connectivity index (χ2n) is 20.6. The van der Waals surface area contributed by atoms with Gasteiger partial charge in [-0.2, -0.15) is 0 Å². The Kier molecular flexibility index (Phi) is 30.1. The Balaban J connectivity index is 1.83. The number of nitrogens with one attached hydrogen (secondary N) is 11. The molecule has 0 aliphatic carbocycles. The molecule has 0 fully saturated rings. The van der Waals surface area contributed by atoms with Crippen molar-refractivity contribution in [1.82, 2.24) is 63.1 Å². The summed E-state index contributed by atoms with van der Waals surface area (Å²) in [5.74, 6) is -10.4. The number of carbonyl (C=O) groups is 11. The Morgan fingerprint density at radius 3 is 1.73 bits per heavy atom. The number of aliphatic hydroxyl groups excluding tert-OH is 1. The number of imidazole rings is 1. The topological polar surface area (TPSA) is 435 Å². The summed E-state index contributed by atoms with van der Waals surface area (Å²) in [4.78, 5) is 155. The zero-order chi connectivity index (χ0) is 61.6. The van der Waals surface area contributed by atoms with Gasteiger partial charge < -0.3 is 80.5 Å². The molecular weight excluding hydrogens is 1070 g/mol. The van der Waals surface area contributed by atoms with Crippen LogP contribution in [0.4, 0.5) is 0 Å². The molecule has 0 aliphatic heterocycles. The normalized spacial score (nSPS) is 14.7. The van der Waals surface area contributed by atoms with Gasteiger partial charge in [-0.3, -0.25) is 52.7 Å². The Hall–Kier alpha value is -8.30. The molecular formula is C56H85N15O12. The molecule has 10 atom stereocenters. The molecule has 456 valence electrons. The van der Waals surface area contributed by atoms with Gasteiger partial charge in [-0.05, 0) is 68.5 Å². The van der Waals surface area contributed by atoms with Crippen molar-refractivity contribution in [3.63, 3.8) is 0 Å². The second-order valence-corrected chi connectivity index (χ2v) is 20.6. The highest BCUT2D eigenvalue weighted by Gasteiger charge is 2.36. The zero-order valence-corrected chi connectivity index (χ0v) is 48.1. The minimum atomic E-state index is -1.68. The maximum atomic E-state index is 14.5. The fourth-order valence-corrected chi connectivity index (χ4v) is 8.50. The predicted molar refractivity (Wildman–Crippen MR) is 306 cm³/mol. The lowest BCUT2D eigenvalue weighted by Crippen LogP contribution is -2.61. The SMILES string of the molecule is CCCNC(=O)C(c1ccccc1)[C@H](N)C(=O)N[C@@H](C)C(=O)N[C@@H](CO)C(=O)N[C@@H](Cc1cnc[nH]1)C(=O)N[C@@H](CC(C)C)C(=O)N[C@@H](Cc1ccccc1)C(=O)N[C@@H](CCCCN)C(=O)NCC(=O)N[C@H](C(=O)NCC(N)=O)[C@@H](C)CC. The van der Waals surface area contributed by atoms with Crippen LogP contribution in [0.5, 0.6) is 0 Å². The van der Waals surface area contributed by atoms with Gasteiger partial charge in [0.15, 0.2) is 0 Å². The van der Waals surface area contributed by atoms with Crippen molar-refractivity contribution in [2.45, 2.75) is 147 Å². The Bertz CT molecular complexity index is 2590. The van der Waals surface area contributed by atoms with Crippen LogP contribution in [0.2, 0.25) is 0 Å². The first kappa shape index (κ1) is 69.0. The second kappa shape index (κ2) is 36.2. The molecule has 0 bridgehead atoms. The van der Waals surface area contributed by atoms with Gasteiger partial charge in [-0.25, -0.2) is 4.98 Å². The van der Waals surface area contributed by atoms with E-state index in [1.54, 1.807) is 88.4 Å². The van der Waals surface area contributed by atoms with E-state index in [2.05, 4.69) is 63.1 Å². The fraction of sp³-hybridized carbons (Fsp3) is 0.536. The Morgan fingerprint density at radius 2 is 1.17 bits per heavy atom. The first-order valence-electron chi connectivity index (χ1n) is 27.9. The Labute approximate surface area is 483 Å². The molecule has 0 saturated carbocycles. The van der Waals surface area contributed by atoms with Gasteiger partial charge in [-0.1, -0.05) is 102 Å². The molecule has 0 saturated heterocycles. The largest absolute Gasteiger partial charge is 0.394 e. The molecule has 27 heteroatoms. The van der Waals surface area contributed by atoms with E-state index in [0.717, 1.165) is 0 Å². The lowest BCUT2D eigenvalue weighted by Gasteiger charge is -2.28. The van der Waals surface area contributed by atoms with Crippen molar-refractivity contribution in [1.29, 1.82) is 0 Å². The van der Waals surface area contributed by atoms with Gasteiger partial charge in [0.05, 0.1) is 38.0 Å². The quantitative estimate of drug-likeness (QED) is 0.0259. The molecule has 1 aromatic heterocycles. The van der Waals surface area contributed by atoms with Crippen LogP contribution >= 0.6 is 0 Å². The van der Waals surface area contributed by atoms with E-state index >= 15 is 0 Å². The molecule has 3 aromatic rings. The van der Waals surface area contributed by atoms with Gasteiger partial charge >= 0.3 is 0 Å². The summed E-state index contributed by atoms with van der Waals surface area (Å²) in [7, 11) is 0. The van der Waals surface area contributed by atoms with Crippen LogP contribution in [0.3, 0.4) is 0 Å². The molecule has 3 rings (SSSR count). The number of nitrogens with zero attached hydrogens (tertiary/aromatic N) is 1. The van der Waals surface area contributed by atoms with E-state index < -0.39 is 139 Å². The van der Waals surface area contributed by atoms with Crippen LogP contribution in [-0.4, -0.2) is 161 Å². The average molecular weight is 1160 g/mol. The van der Waals surface area contributed by atoms with Crippen LogP contribution in [-0.2, 0) is 65.6 Å². The smallest absolute Gasteiger partial charge is 0.245 e. The van der Waals surface area contributed by atoms with E-state index in [0.29, 0.717) is 49.0 Å². The third-order valence-electron chi connectivity index (χ3n) is 13.3. The minimum absolute atomic E-state index is 0.0247. The molecule has 0 radical (unpaired) electrons. The molecule has 2 aromatic carbocycles. The third kappa shape index (κ3) is 24.0. The van der Waals surface area contributed by atoms with Gasteiger partial charge in [0.25, 0.3) is 0 Å². The number of benzene rings is 2. The summed E-state index contributed by atoms with van der Waals surface area (Å²) < 4.78 is 0. The summed E-state index contributed by atoms with van der Waals surface area (Å²) in [5, 5.41) is 36.1.